The van der Waals surface area contributed by atoms with Gasteiger partial charge in [-0.3, -0.25) is 0 Å². The lowest BCUT2D eigenvalue weighted by Gasteiger charge is -2.14. The van der Waals surface area contributed by atoms with Crippen LogP contribution in [0.1, 0.15) is 47.2 Å². The number of carboxylic acid groups (broad SMARTS) is 1. The molecule has 0 bridgehead atoms. The Labute approximate surface area is 123 Å². The maximum atomic E-state index is 11.0. The second-order valence-corrected chi connectivity index (χ2v) is 5.25. The molecule has 0 aliphatic rings. The lowest BCUT2D eigenvalue weighted by molar-refractivity contribution is 0.0696. The third-order valence-electron chi connectivity index (χ3n) is 3.19. The maximum absolute atomic E-state index is 11.0. The van der Waals surface area contributed by atoms with Gasteiger partial charge in [0.05, 0.1) is 5.56 Å². The van der Waals surface area contributed by atoms with Gasteiger partial charge in [0.1, 0.15) is 18.7 Å². The third kappa shape index (κ3) is 3.21. The van der Waals surface area contributed by atoms with Gasteiger partial charge in [0.15, 0.2) is 5.82 Å². The number of benzene rings is 1. The smallest absolute Gasteiger partial charge is 0.335 e. The van der Waals surface area contributed by atoms with Crippen LogP contribution in [0.5, 0.6) is 5.75 Å². The zero-order chi connectivity index (χ0) is 15.6. The van der Waals surface area contributed by atoms with E-state index in [1.54, 1.807) is 16.8 Å². The van der Waals surface area contributed by atoms with Crippen molar-refractivity contribution in [3.8, 4) is 5.75 Å². The monoisotopic (exact) mass is 289 g/mol. The standard InChI is InChI=1S/C15H19N3O3/c1-9(2)18-13(16-8-17-18)7-21-14-10(3)5-12(15(19)20)6-11(14)4/h5-6,8-9H,7H2,1-4H3,(H,19,20). The van der Waals surface area contributed by atoms with E-state index in [0.29, 0.717) is 12.4 Å². The van der Waals surface area contributed by atoms with Crippen LogP contribution in [0.2, 0.25) is 0 Å². The van der Waals surface area contributed by atoms with Crippen LogP contribution in [0, 0.1) is 13.8 Å². The van der Waals surface area contributed by atoms with Crippen LogP contribution >= 0.6 is 0 Å². The molecule has 0 fully saturated rings. The zero-order valence-corrected chi connectivity index (χ0v) is 12.6. The molecule has 0 saturated heterocycles. The van der Waals surface area contributed by atoms with E-state index in [1.807, 2.05) is 27.7 Å². The highest BCUT2D eigenvalue weighted by Gasteiger charge is 2.13. The molecule has 112 valence electrons. The molecule has 0 aliphatic heterocycles. The Hall–Kier alpha value is -2.37. The molecule has 1 aromatic heterocycles. The molecule has 0 atom stereocenters. The molecule has 21 heavy (non-hydrogen) atoms. The van der Waals surface area contributed by atoms with Crippen molar-refractivity contribution in [3.05, 3.63) is 41.0 Å². The Kier molecular flexibility index (Phi) is 4.26. The van der Waals surface area contributed by atoms with Crippen molar-refractivity contribution in [2.45, 2.75) is 40.3 Å². The van der Waals surface area contributed by atoms with Crippen molar-refractivity contribution >= 4 is 5.97 Å². The Morgan fingerprint density at radius 1 is 1.33 bits per heavy atom. The van der Waals surface area contributed by atoms with Crippen LogP contribution in [0.4, 0.5) is 0 Å². The molecule has 1 heterocycles. The van der Waals surface area contributed by atoms with Crippen LogP contribution in [0.3, 0.4) is 0 Å². The van der Waals surface area contributed by atoms with E-state index in [4.69, 9.17) is 9.84 Å². The van der Waals surface area contributed by atoms with E-state index >= 15 is 0 Å². The van der Waals surface area contributed by atoms with Crippen molar-refractivity contribution < 1.29 is 14.6 Å². The fourth-order valence-electron chi connectivity index (χ4n) is 2.25. The van der Waals surface area contributed by atoms with Gasteiger partial charge in [0.2, 0.25) is 0 Å². The summed E-state index contributed by atoms with van der Waals surface area (Å²) in [6, 6.07) is 3.43. The molecule has 2 rings (SSSR count). The van der Waals surface area contributed by atoms with Crippen LogP contribution in [-0.4, -0.2) is 25.8 Å². The quantitative estimate of drug-likeness (QED) is 0.915. The summed E-state index contributed by atoms with van der Waals surface area (Å²) in [6.45, 7) is 8.02. The largest absolute Gasteiger partial charge is 0.485 e. The maximum Gasteiger partial charge on any atom is 0.335 e. The van der Waals surface area contributed by atoms with Gasteiger partial charge >= 0.3 is 5.97 Å². The van der Waals surface area contributed by atoms with Crippen molar-refractivity contribution in [2.75, 3.05) is 0 Å². The molecule has 0 aliphatic carbocycles. The van der Waals surface area contributed by atoms with Gasteiger partial charge in [0, 0.05) is 6.04 Å². The van der Waals surface area contributed by atoms with Gasteiger partial charge in [-0.15, -0.1) is 0 Å². The summed E-state index contributed by atoms with van der Waals surface area (Å²) >= 11 is 0. The second-order valence-electron chi connectivity index (χ2n) is 5.25. The minimum atomic E-state index is -0.938. The summed E-state index contributed by atoms with van der Waals surface area (Å²) in [4.78, 5) is 15.2. The van der Waals surface area contributed by atoms with Gasteiger partial charge in [-0.05, 0) is 51.0 Å². The molecule has 0 radical (unpaired) electrons. The number of rotatable bonds is 5. The van der Waals surface area contributed by atoms with E-state index in [9.17, 15) is 4.79 Å². The molecular weight excluding hydrogens is 270 g/mol. The first kappa shape index (κ1) is 15.0. The van der Waals surface area contributed by atoms with E-state index in [2.05, 4.69) is 10.1 Å². The second kappa shape index (κ2) is 5.95. The molecule has 0 unspecified atom stereocenters. The first-order valence-electron chi connectivity index (χ1n) is 6.76. The first-order valence-corrected chi connectivity index (χ1v) is 6.76. The molecule has 1 N–H and O–H groups in total. The number of ether oxygens (including phenoxy) is 1. The molecule has 2 aromatic rings. The minimum absolute atomic E-state index is 0.211. The van der Waals surface area contributed by atoms with E-state index in [0.717, 1.165) is 17.0 Å². The Balaban J connectivity index is 2.20. The van der Waals surface area contributed by atoms with Gasteiger partial charge in [-0.25, -0.2) is 14.5 Å². The van der Waals surface area contributed by atoms with Crippen molar-refractivity contribution in [1.82, 2.24) is 14.8 Å². The number of hydrogen-bond acceptors (Lipinski definition) is 4. The number of nitrogens with zero attached hydrogens (tertiary/aromatic N) is 3. The average Bonchev–Trinajstić information content (AvgIpc) is 2.86. The zero-order valence-electron chi connectivity index (χ0n) is 12.6. The minimum Gasteiger partial charge on any atom is -0.485 e. The Bertz CT molecular complexity index is 639. The Morgan fingerprint density at radius 2 is 1.95 bits per heavy atom. The fraction of sp³-hybridized carbons (Fsp3) is 0.400. The number of carboxylic acids is 1. The first-order chi connectivity index (χ1) is 9.90. The van der Waals surface area contributed by atoms with Crippen LogP contribution in [0.25, 0.3) is 0 Å². The summed E-state index contributed by atoms with van der Waals surface area (Å²) in [5, 5.41) is 13.2. The normalized spacial score (nSPS) is 10.9. The summed E-state index contributed by atoms with van der Waals surface area (Å²) in [6.07, 6.45) is 1.51. The number of aryl methyl sites for hydroxylation is 2. The SMILES string of the molecule is Cc1cc(C(=O)O)cc(C)c1OCc1ncnn1C(C)C. The van der Waals surface area contributed by atoms with Crippen molar-refractivity contribution in [3.63, 3.8) is 0 Å². The lowest BCUT2D eigenvalue weighted by atomic mass is 10.1. The summed E-state index contributed by atoms with van der Waals surface area (Å²) in [7, 11) is 0. The van der Waals surface area contributed by atoms with Crippen molar-refractivity contribution in [1.29, 1.82) is 0 Å². The summed E-state index contributed by atoms with van der Waals surface area (Å²) in [5.74, 6) is 0.497. The van der Waals surface area contributed by atoms with Crippen LogP contribution < -0.4 is 4.74 Å². The van der Waals surface area contributed by atoms with E-state index in [1.165, 1.54) is 6.33 Å². The predicted molar refractivity (Wildman–Crippen MR) is 77.6 cm³/mol. The molecule has 6 heteroatoms. The highest BCUT2D eigenvalue weighted by Crippen LogP contribution is 2.25. The molecule has 6 nitrogen and oxygen atoms in total. The van der Waals surface area contributed by atoms with Gasteiger partial charge in [0.25, 0.3) is 0 Å². The topological polar surface area (TPSA) is 77.2 Å². The number of hydrogen-bond donors (Lipinski definition) is 1. The van der Waals surface area contributed by atoms with Gasteiger partial charge in [-0.1, -0.05) is 0 Å². The molecule has 0 saturated carbocycles. The summed E-state index contributed by atoms with van der Waals surface area (Å²) in [5.41, 5.74) is 1.86. The number of aromatic nitrogens is 3. The highest BCUT2D eigenvalue weighted by atomic mass is 16.5. The molecule has 0 amide bonds. The van der Waals surface area contributed by atoms with Gasteiger partial charge in [-0.2, -0.15) is 5.10 Å². The summed E-state index contributed by atoms with van der Waals surface area (Å²) < 4.78 is 7.62. The third-order valence-corrected chi connectivity index (χ3v) is 3.19. The Morgan fingerprint density at radius 3 is 2.48 bits per heavy atom. The number of carbonyl (C=O) groups is 1. The van der Waals surface area contributed by atoms with Crippen LogP contribution in [0.15, 0.2) is 18.5 Å². The molecule has 0 spiro atoms. The fourth-order valence-corrected chi connectivity index (χ4v) is 2.25. The van der Waals surface area contributed by atoms with Gasteiger partial charge < -0.3 is 9.84 Å². The van der Waals surface area contributed by atoms with E-state index < -0.39 is 5.97 Å². The van der Waals surface area contributed by atoms with Crippen molar-refractivity contribution in [2.24, 2.45) is 0 Å². The lowest BCUT2D eigenvalue weighted by Crippen LogP contribution is -2.11. The predicted octanol–water partition coefficient (Wildman–Crippen LogP) is 2.75. The molecule has 1 aromatic carbocycles. The van der Waals surface area contributed by atoms with Crippen LogP contribution in [-0.2, 0) is 6.61 Å². The van der Waals surface area contributed by atoms with E-state index in [-0.39, 0.29) is 11.6 Å². The molecular formula is C15H19N3O3. The average molecular weight is 289 g/mol. The highest BCUT2D eigenvalue weighted by molar-refractivity contribution is 5.88. The number of aromatic carboxylic acids is 1.